The summed E-state index contributed by atoms with van der Waals surface area (Å²) in [4.78, 5) is 12.2. The Balaban J connectivity index is 3.95. The molecule has 3 heteroatoms. The van der Waals surface area contributed by atoms with Gasteiger partial charge in [0.05, 0.1) is 0 Å². The minimum absolute atomic E-state index is 0.149. The second-order valence-electron chi connectivity index (χ2n) is 1.81. The van der Waals surface area contributed by atoms with E-state index in [9.17, 15) is 4.79 Å². The van der Waals surface area contributed by atoms with E-state index in [0.717, 1.165) is 0 Å². The van der Waals surface area contributed by atoms with Gasteiger partial charge in [-0.25, -0.2) is 0 Å². The zero-order valence-electron chi connectivity index (χ0n) is 6.33. The van der Waals surface area contributed by atoms with Gasteiger partial charge in [0.25, 0.3) is 0 Å². The van der Waals surface area contributed by atoms with Crippen LogP contribution in [0.1, 0.15) is 0 Å². The summed E-state index contributed by atoms with van der Waals surface area (Å²) in [6, 6.07) is 0. The molecular weight excluding hydrogens is 162 g/mol. The van der Waals surface area contributed by atoms with Crippen molar-refractivity contribution in [3.8, 4) is 0 Å². The lowest BCUT2D eigenvalue weighted by Gasteiger charge is -2.06. The Hall–Kier alpha value is -1.02. The van der Waals surface area contributed by atoms with Crippen molar-refractivity contribution in [1.82, 2.24) is 4.90 Å². The second kappa shape index (κ2) is 5.74. The summed E-state index contributed by atoms with van der Waals surface area (Å²) in [5.41, 5.74) is 1.36. The van der Waals surface area contributed by atoms with Crippen molar-refractivity contribution in [2.24, 2.45) is 0 Å². The summed E-state index contributed by atoms with van der Waals surface area (Å²) in [5, 5.41) is 0. The van der Waals surface area contributed by atoms with Crippen LogP contribution in [0.4, 0.5) is 0 Å². The molecular formula is C8H10ClNO. The van der Waals surface area contributed by atoms with Crippen LogP contribution in [-0.2, 0) is 4.79 Å². The lowest BCUT2D eigenvalue weighted by atomic mass is 10.5. The maximum Gasteiger partial charge on any atom is 0.249 e. The van der Waals surface area contributed by atoms with E-state index in [4.69, 9.17) is 11.6 Å². The molecule has 0 aromatic rings. The molecule has 0 saturated carbocycles. The van der Waals surface area contributed by atoms with Crippen LogP contribution in [0, 0.1) is 0 Å². The lowest BCUT2D eigenvalue weighted by Crippen LogP contribution is -2.17. The Bertz CT molecular complexity index is 196. The molecule has 0 unspecified atom stereocenters. The third-order valence-corrected chi connectivity index (χ3v) is 1.16. The summed E-state index contributed by atoms with van der Waals surface area (Å²) in [6.07, 6.45) is 6.13. The lowest BCUT2D eigenvalue weighted by molar-refractivity contribution is -0.122. The molecule has 0 N–H and O–H groups in total. The number of amides is 1. The average molecular weight is 172 g/mol. The van der Waals surface area contributed by atoms with Crippen LogP contribution < -0.4 is 0 Å². The van der Waals surface area contributed by atoms with Crippen molar-refractivity contribution in [3.05, 3.63) is 36.5 Å². The van der Waals surface area contributed by atoms with Crippen LogP contribution >= 0.6 is 11.6 Å². The number of rotatable bonds is 3. The largest absolute Gasteiger partial charge is 0.319 e. The zero-order valence-corrected chi connectivity index (χ0v) is 7.08. The predicted octanol–water partition coefficient (Wildman–Crippen LogP) is 1.90. The van der Waals surface area contributed by atoms with Crippen LogP contribution in [0.5, 0.6) is 0 Å². The van der Waals surface area contributed by atoms with E-state index >= 15 is 0 Å². The number of nitrogens with zero attached hydrogens (tertiary/aromatic N) is 1. The maximum absolute atomic E-state index is 10.8. The van der Waals surface area contributed by atoms with Gasteiger partial charge in [-0.2, -0.15) is 0 Å². The van der Waals surface area contributed by atoms with Crippen LogP contribution in [0.25, 0.3) is 0 Å². The fourth-order valence-corrected chi connectivity index (χ4v) is 0.522. The average Bonchev–Trinajstić information content (AvgIpc) is 2.03. The first-order valence-electron chi connectivity index (χ1n) is 3.05. The minimum Gasteiger partial charge on any atom is -0.319 e. The Morgan fingerprint density at radius 2 is 2.18 bits per heavy atom. The Labute approximate surface area is 71.4 Å². The molecule has 0 atom stereocenters. The number of carbonyl (C=O) groups excluding carboxylic acids is 1. The van der Waals surface area contributed by atoms with E-state index in [-0.39, 0.29) is 5.91 Å². The zero-order chi connectivity index (χ0) is 8.69. The molecule has 0 heterocycles. The molecule has 2 nitrogen and oxygen atoms in total. The van der Waals surface area contributed by atoms with Gasteiger partial charge in [0.2, 0.25) is 5.91 Å². The van der Waals surface area contributed by atoms with Gasteiger partial charge in [-0.1, -0.05) is 18.2 Å². The molecule has 1 amide bonds. The molecule has 0 aromatic carbocycles. The quantitative estimate of drug-likeness (QED) is 0.469. The van der Waals surface area contributed by atoms with E-state index in [1.165, 1.54) is 16.5 Å². The first-order chi connectivity index (χ1) is 5.22. The summed E-state index contributed by atoms with van der Waals surface area (Å²) >= 11 is 5.24. The van der Waals surface area contributed by atoms with Crippen LogP contribution in [-0.4, -0.2) is 17.9 Å². The molecule has 0 aliphatic heterocycles. The summed E-state index contributed by atoms with van der Waals surface area (Å²) in [7, 11) is 1.64. The van der Waals surface area contributed by atoms with Gasteiger partial charge in [-0.05, 0) is 18.2 Å². The summed E-state index contributed by atoms with van der Waals surface area (Å²) < 4.78 is 0. The highest BCUT2D eigenvalue weighted by molar-refractivity contribution is 6.25. The molecule has 0 radical (unpaired) electrons. The molecule has 11 heavy (non-hydrogen) atoms. The van der Waals surface area contributed by atoms with E-state index in [0.29, 0.717) is 0 Å². The SMILES string of the molecule is C=CC(=O)N(C)/C=C/C=C/Cl. The van der Waals surface area contributed by atoms with Gasteiger partial charge in [0, 0.05) is 18.8 Å². The van der Waals surface area contributed by atoms with Gasteiger partial charge >= 0.3 is 0 Å². The van der Waals surface area contributed by atoms with Gasteiger partial charge < -0.3 is 4.90 Å². The van der Waals surface area contributed by atoms with Gasteiger partial charge in [-0.3, -0.25) is 4.79 Å². The predicted molar refractivity (Wildman–Crippen MR) is 47.1 cm³/mol. The highest BCUT2D eigenvalue weighted by Gasteiger charge is 1.95. The van der Waals surface area contributed by atoms with E-state index in [1.54, 1.807) is 25.4 Å². The number of allylic oxidation sites excluding steroid dienone is 2. The van der Waals surface area contributed by atoms with Crippen molar-refractivity contribution in [2.45, 2.75) is 0 Å². The fourth-order valence-electron chi connectivity index (χ4n) is 0.438. The van der Waals surface area contributed by atoms with Crippen molar-refractivity contribution in [1.29, 1.82) is 0 Å². The number of hydrogen-bond acceptors (Lipinski definition) is 1. The normalized spacial score (nSPS) is 10.7. The van der Waals surface area contributed by atoms with Gasteiger partial charge in [-0.15, -0.1) is 0 Å². The van der Waals surface area contributed by atoms with Crippen LogP contribution in [0.3, 0.4) is 0 Å². The molecule has 0 aromatic heterocycles. The first-order valence-corrected chi connectivity index (χ1v) is 3.48. The Kier molecular flexibility index (Phi) is 5.21. The third-order valence-electron chi connectivity index (χ3n) is 1.02. The van der Waals surface area contributed by atoms with Crippen molar-refractivity contribution >= 4 is 17.5 Å². The van der Waals surface area contributed by atoms with E-state index < -0.39 is 0 Å². The topological polar surface area (TPSA) is 20.3 Å². The molecule has 60 valence electrons. The first kappa shape index (κ1) is 9.98. The molecule has 0 bridgehead atoms. The molecule has 0 aliphatic carbocycles. The number of carbonyl (C=O) groups is 1. The summed E-state index contributed by atoms with van der Waals surface area (Å²) in [6.45, 7) is 3.34. The molecule has 0 aliphatic rings. The maximum atomic E-state index is 10.8. The van der Waals surface area contributed by atoms with Crippen LogP contribution in [0.2, 0.25) is 0 Å². The van der Waals surface area contributed by atoms with Gasteiger partial charge in [0.15, 0.2) is 0 Å². The Morgan fingerprint density at radius 3 is 2.64 bits per heavy atom. The number of likely N-dealkylation sites (N-methyl/N-ethyl adjacent to an activating group) is 1. The highest BCUT2D eigenvalue weighted by Crippen LogP contribution is 1.88. The van der Waals surface area contributed by atoms with Crippen LogP contribution in [0.15, 0.2) is 36.5 Å². The molecule has 0 rings (SSSR count). The third kappa shape index (κ3) is 4.39. The molecule has 0 spiro atoms. The summed E-state index contributed by atoms with van der Waals surface area (Å²) in [5.74, 6) is -0.149. The van der Waals surface area contributed by atoms with Crippen molar-refractivity contribution < 1.29 is 4.79 Å². The molecule has 0 saturated heterocycles. The van der Waals surface area contributed by atoms with E-state index in [2.05, 4.69) is 6.58 Å². The fraction of sp³-hybridized carbons (Fsp3) is 0.125. The molecule has 0 fully saturated rings. The number of halogens is 1. The van der Waals surface area contributed by atoms with E-state index in [1.807, 2.05) is 0 Å². The second-order valence-corrected chi connectivity index (χ2v) is 2.07. The standard InChI is InChI=1S/C8H10ClNO/c1-3-8(11)10(2)7-5-4-6-9/h3-7H,1H2,2H3/b6-4+,7-5+. The smallest absolute Gasteiger partial charge is 0.249 e. The Morgan fingerprint density at radius 1 is 1.55 bits per heavy atom. The van der Waals surface area contributed by atoms with Gasteiger partial charge in [0.1, 0.15) is 0 Å². The van der Waals surface area contributed by atoms with Crippen molar-refractivity contribution in [2.75, 3.05) is 7.05 Å². The minimum atomic E-state index is -0.149. The monoisotopic (exact) mass is 171 g/mol. The number of hydrogen-bond donors (Lipinski definition) is 0. The van der Waals surface area contributed by atoms with Crippen molar-refractivity contribution in [3.63, 3.8) is 0 Å². The highest BCUT2D eigenvalue weighted by atomic mass is 35.5.